The highest BCUT2D eigenvalue weighted by atomic mass is 19.4. The molecule has 1 aromatic rings. The fourth-order valence-electron chi connectivity index (χ4n) is 1.33. The van der Waals surface area contributed by atoms with Gasteiger partial charge in [0.1, 0.15) is 5.75 Å². The van der Waals surface area contributed by atoms with E-state index < -0.39 is 29.4 Å². The molecule has 0 unspecified atom stereocenters. The molecular formula is C12H15F3N2O2. The second-order valence-electron chi connectivity index (χ2n) is 4.49. The summed E-state index contributed by atoms with van der Waals surface area (Å²) in [7, 11) is 0. The third kappa shape index (κ3) is 3.85. The molecule has 0 radical (unpaired) electrons. The number of alkyl halides is 3. The number of halogens is 3. The molecular weight excluding hydrogens is 261 g/mol. The van der Waals surface area contributed by atoms with Gasteiger partial charge in [0.2, 0.25) is 5.91 Å². The van der Waals surface area contributed by atoms with Crippen molar-refractivity contribution in [1.29, 1.82) is 0 Å². The molecule has 0 saturated heterocycles. The maximum Gasteiger partial charge on any atom is 0.416 e. The van der Waals surface area contributed by atoms with E-state index in [4.69, 9.17) is 5.73 Å². The third-order valence-corrected chi connectivity index (χ3v) is 2.60. The predicted molar refractivity (Wildman–Crippen MR) is 64.6 cm³/mol. The number of benzene rings is 1. The van der Waals surface area contributed by atoms with Crippen LogP contribution in [0.15, 0.2) is 18.2 Å². The molecule has 7 heteroatoms. The molecule has 0 aromatic heterocycles. The van der Waals surface area contributed by atoms with Gasteiger partial charge in [-0.05, 0) is 24.1 Å². The van der Waals surface area contributed by atoms with Gasteiger partial charge in [-0.1, -0.05) is 13.8 Å². The first kappa shape index (κ1) is 15.3. The van der Waals surface area contributed by atoms with Crippen molar-refractivity contribution in [2.24, 2.45) is 11.7 Å². The number of phenols is 1. The van der Waals surface area contributed by atoms with Gasteiger partial charge in [0.05, 0.1) is 17.3 Å². The summed E-state index contributed by atoms with van der Waals surface area (Å²) in [5, 5.41) is 11.6. The van der Waals surface area contributed by atoms with Crippen molar-refractivity contribution in [3.63, 3.8) is 0 Å². The lowest BCUT2D eigenvalue weighted by Crippen LogP contribution is -2.39. The lowest BCUT2D eigenvalue weighted by molar-refractivity contribution is -0.137. The summed E-state index contributed by atoms with van der Waals surface area (Å²) in [6.07, 6.45) is -4.55. The van der Waals surface area contributed by atoms with Crippen LogP contribution >= 0.6 is 0 Å². The van der Waals surface area contributed by atoms with Crippen LogP contribution in [0.25, 0.3) is 0 Å². The summed E-state index contributed by atoms with van der Waals surface area (Å²) in [4.78, 5) is 11.6. The van der Waals surface area contributed by atoms with Crippen LogP contribution in [-0.2, 0) is 11.0 Å². The maximum atomic E-state index is 12.5. The molecule has 0 aliphatic rings. The zero-order chi connectivity index (χ0) is 14.8. The fraction of sp³-hybridized carbons (Fsp3) is 0.417. The average Bonchev–Trinajstić information content (AvgIpc) is 2.29. The number of anilines is 1. The van der Waals surface area contributed by atoms with E-state index in [0.29, 0.717) is 6.07 Å². The Morgan fingerprint density at radius 3 is 2.42 bits per heavy atom. The van der Waals surface area contributed by atoms with Crippen molar-refractivity contribution in [2.75, 3.05) is 5.32 Å². The molecule has 1 amide bonds. The van der Waals surface area contributed by atoms with Gasteiger partial charge in [0.25, 0.3) is 0 Å². The normalized spacial score (nSPS) is 13.4. The molecule has 0 heterocycles. The van der Waals surface area contributed by atoms with Crippen LogP contribution in [0.3, 0.4) is 0 Å². The number of hydrogen-bond donors (Lipinski definition) is 3. The Morgan fingerprint density at radius 1 is 1.37 bits per heavy atom. The molecule has 4 nitrogen and oxygen atoms in total. The van der Waals surface area contributed by atoms with E-state index in [1.54, 1.807) is 13.8 Å². The topological polar surface area (TPSA) is 75.4 Å². The largest absolute Gasteiger partial charge is 0.506 e. The number of hydrogen-bond acceptors (Lipinski definition) is 3. The third-order valence-electron chi connectivity index (χ3n) is 2.60. The molecule has 0 spiro atoms. The van der Waals surface area contributed by atoms with Crippen LogP contribution in [0.5, 0.6) is 5.75 Å². The predicted octanol–water partition coefficient (Wildman–Crippen LogP) is 2.33. The van der Waals surface area contributed by atoms with E-state index >= 15 is 0 Å². The van der Waals surface area contributed by atoms with E-state index in [0.717, 1.165) is 12.1 Å². The highest BCUT2D eigenvalue weighted by molar-refractivity contribution is 5.96. The Balaban J connectivity index is 2.98. The van der Waals surface area contributed by atoms with Crippen LogP contribution in [-0.4, -0.2) is 17.1 Å². The molecule has 0 bridgehead atoms. The highest BCUT2D eigenvalue weighted by Gasteiger charge is 2.31. The Morgan fingerprint density at radius 2 is 1.95 bits per heavy atom. The van der Waals surface area contributed by atoms with E-state index in [2.05, 4.69) is 5.32 Å². The summed E-state index contributed by atoms with van der Waals surface area (Å²) in [6.45, 7) is 3.41. The standard InChI is InChI=1S/C12H15F3N2O2/c1-6(2)10(16)11(19)17-8-5-7(12(13,14)15)3-4-9(8)18/h3-6,10,18H,16H2,1-2H3,(H,17,19)/t10-/m0/s1. The number of nitrogens with one attached hydrogen (secondary N) is 1. The number of nitrogens with two attached hydrogens (primary N) is 1. The number of carbonyl (C=O) groups is 1. The van der Waals surface area contributed by atoms with E-state index in [9.17, 15) is 23.1 Å². The molecule has 0 aliphatic heterocycles. The van der Waals surface area contributed by atoms with E-state index in [1.807, 2.05) is 0 Å². The first-order valence-corrected chi connectivity index (χ1v) is 5.59. The van der Waals surface area contributed by atoms with Gasteiger partial charge in [-0.25, -0.2) is 0 Å². The number of aromatic hydroxyl groups is 1. The van der Waals surface area contributed by atoms with Crippen molar-refractivity contribution in [1.82, 2.24) is 0 Å². The summed E-state index contributed by atoms with van der Waals surface area (Å²) in [5.74, 6) is -1.27. The van der Waals surface area contributed by atoms with Crippen LogP contribution < -0.4 is 11.1 Å². The molecule has 1 atom stereocenters. The highest BCUT2D eigenvalue weighted by Crippen LogP contribution is 2.34. The first-order valence-electron chi connectivity index (χ1n) is 5.59. The van der Waals surface area contributed by atoms with Crippen LogP contribution in [0.2, 0.25) is 0 Å². The fourth-order valence-corrected chi connectivity index (χ4v) is 1.33. The maximum absolute atomic E-state index is 12.5. The van der Waals surface area contributed by atoms with E-state index in [-0.39, 0.29) is 11.6 Å². The number of amides is 1. The quantitative estimate of drug-likeness (QED) is 0.742. The average molecular weight is 276 g/mol. The van der Waals surface area contributed by atoms with Crippen LogP contribution in [0.1, 0.15) is 19.4 Å². The van der Waals surface area contributed by atoms with Crippen molar-refractivity contribution < 1.29 is 23.1 Å². The zero-order valence-electron chi connectivity index (χ0n) is 10.5. The molecule has 0 saturated carbocycles. The molecule has 19 heavy (non-hydrogen) atoms. The second-order valence-corrected chi connectivity index (χ2v) is 4.49. The molecule has 106 valence electrons. The number of phenolic OH excluding ortho intramolecular Hbond substituents is 1. The van der Waals surface area contributed by atoms with Gasteiger partial charge in [-0.2, -0.15) is 13.2 Å². The number of carbonyl (C=O) groups excluding carboxylic acids is 1. The van der Waals surface area contributed by atoms with Crippen molar-refractivity contribution in [3.05, 3.63) is 23.8 Å². The Labute approximate surface area is 108 Å². The van der Waals surface area contributed by atoms with Crippen LogP contribution in [0.4, 0.5) is 18.9 Å². The Kier molecular flexibility index (Phi) is 4.41. The van der Waals surface area contributed by atoms with Crippen molar-refractivity contribution in [2.45, 2.75) is 26.1 Å². The Hall–Kier alpha value is -1.76. The molecule has 0 aliphatic carbocycles. The van der Waals surface area contributed by atoms with Gasteiger partial charge in [0.15, 0.2) is 0 Å². The Bertz CT molecular complexity index is 473. The van der Waals surface area contributed by atoms with Gasteiger partial charge < -0.3 is 16.2 Å². The zero-order valence-corrected chi connectivity index (χ0v) is 10.5. The number of rotatable bonds is 3. The summed E-state index contributed by atoms with van der Waals surface area (Å²) < 4.78 is 37.5. The molecule has 1 aromatic carbocycles. The summed E-state index contributed by atoms with van der Waals surface area (Å²) in [5.41, 5.74) is 4.30. The molecule has 1 rings (SSSR count). The van der Waals surface area contributed by atoms with Gasteiger partial charge in [-0.3, -0.25) is 4.79 Å². The minimum absolute atomic E-state index is 0.173. The SMILES string of the molecule is CC(C)[C@H](N)C(=O)Nc1cc(C(F)(F)F)ccc1O. The molecule has 4 N–H and O–H groups in total. The van der Waals surface area contributed by atoms with Crippen molar-refractivity contribution in [3.8, 4) is 5.75 Å². The summed E-state index contributed by atoms with van der Waals surface area (Å²) in [6, 6.07) is 1.40. The first-order chi connectivity index (χ1) is 8.62. The van der Waals surface area contributed by atoms with Crippen LogP contribution in [0, 0.1) is 5.92 Å². The smallest absolute Gasteiger partial charge is 0.416 e. The monoisotopic (exact) mass is 276 g/mol. The van der Waals surface area contributed by atoms with Gasteiger partial charge in [-0.15, -0.1) is 0 Å². The second kappa shape index (κ2) is 5.48. The van der Waals surface area contributed by atoms with Crippen molar-refractivity contribution >= 4 is 11.6 Å². The lowest BCUT2D eigenvalue weighted by atomic mass is 10.0. The minimum Gasteiger partial charge on any atom is -0.506 e. The lowest BCUT2D eigenvalue weighted by Gasteiger charge is -2.17. The van der Waals surface area contributed by atoms with E-state index in [1.165, 1.54) is 0 Å². The van der Waals surface area contributed by atoms with Gasteiger partial charge >= 0.3 is 6.18 Å². The van der Waals surface area contributed by atoms with Gasteiger partial charge in [0, 0.05) is 0 Å². The summed E-state index contributed by atoms with van der Waals surface area (Å²) >= 11 is 0. The molecule has 0 fully saturated rings. The minimum atomic E-state index is -4.55.